The molecule has 0 spiro atoms. The Morgan fingerprint density at radius 2 is 0.643 bits per heavy atom. The van der Waals surface area contributed by atoms with Crippen molar-refractivity contribution in [1.29, 1.82) is 0 Å². The number of aliphatic hydroxyl groups excluding tert-OH is 2. The molecule has 0 unspecified atom stereocenters. The maximum absolute atomic E-state index is 14.3. The van der Waals surface area contributed by atoms with E-state index in [9.17, 15) is 106 Å². The van der Waals surface area contributed by atoms with Gasteiger partial charge in [0.2, 0.25) is 0 Å². The second-order valence-corrected chi connectivity index (χ2v) is 24.4. The van der Waals surface area contributed by atoms with Crippen LogP contribution in [0.15, 0.2) is 143 Å². The van der Waals surface area contributed by atoms with Gasteiger partial charge >= 0.3 is 24.7 Å². The van der Waals surface area contributed by atoms with E-state index >= 15 is 0 Å². The van der Waals surface area contributed by atoms with E-state index in [1.165, 1.54) is 0 Å². The van der Waals surface area contributed by atoms with Gasteiger partial charge in [-0.25, -0.2) is 43.2 Å². The maximum atomic E-state index is 14.3. The fraction of sp³-hybridized carbons (Fsp3) is 0.357. The minimum Gasteiger partial charge on any atom is -0.393 e. The van der Waals surface area contributed by atoms with E-state index in [4.69, 9.17) is 0 Å². The standard InChI is InChI=1S/2C28H23F9O4S/c2*29-19-8-10-21(11-9-19)42(39,40)25(14-12-20(38)13-15-25)17-4-6-18(7-5-17)26(27(32,33)34,28(35,36)37)41-16-22-23(30)2-1-3-24(22)31/h2*1-11,20,38H,12-16H2. The van der Waals surface area contributed by atoms with Crippen molar-refractivity contribution in [3.05, 3.63) is 202 Å². The Labute approximate surface area is 467 Å². The third-order valence-corrected chi connectivity index (χ3v) is 20.2. The van der Waals surface area contributed by atoms with Crippen LogP contribution in [0.4, 0.5) is 79.0 Å². The van der Waals surface area contributed by atoms with Crippen molar-refractivity contribution in [3.8, 4) is 0 Å². The van der Waals surface area contributed by atoms with Crippen molar-refractivity contribution in [2.75, 3.05) is 0 Å². The zero-order chi connectivity index (χ0) is 62.3. The molecule has 6 aromatic rings. The Balaban J connectivity index is 0.000000241. The summed E-state index contributed by atoms with van der Waals surface area (Å²) >= 11 is 0. The van der Waals surface area contributed by atoms with E-state index in [1.807, 2.05) is 0 Å². The van der Waals surface area contributed by atoms with Gasteiger partial charge < -0.3 is 19.7 Å². The van der Waals surface area contributed by atoms with Gasteiger partial charge in [-0.3, -0.25) is 0 Å². The van der Waals surface area contributed by atoms with Crippen LogP contribution in [0.5, 0.6) is 0 Å². The number of ether oxygens (including phenoxy) is 2. The highest BCUT2D eigenvalue weighted by atomic mass is 32.2. The first-order chi connectivity index (χ1) is 38.9. The monoisotopic (exact) mass is 1250 g/mol. The topological polar surface area (TPSA) is 127 Å². The van der Waals surface area contributed by atoms with Crippen molar-refractivity contribution in [2.24, 2.45) is 0 Å². The molecule has 2 aliphatic carbocycles. The molecule has 0 aliphatic heterocycles. The van der Waals surface area contributed by atoms with Crippen molar-refractivity contribution in [3.63, 3.8) is 0 Å². The Morgan fingerprint density at radius 1 is 0.393 bits per heavy atom. The van der Waals surface area contributed by atoms with Gasteiger partial charge in [0.15, 0.2) is 19.7 Å². The molecule has 0 bridgehead atoms. The van der Waals surface area contributed by atoms with E-state index in [0.717, 1.165) is 84.9 Å². The van der Waals surface area contributed by atoms with Gasteiger partial charge in [-0.2, -0.15) is 52.7 Å². The summed E-state index contributed by atoms with van der Waals surface area (Å²) in [5.41, 5.74) is -15.7. The molecule has 8 nitrogen and oxygen atoms in total. The molecule has 2 N–H and O–H groups in total. The average molecular weight is 1250 g/mol. The third-order valence-electron chi connectivity index (χ3n) is 15.0. The molecule has 84 heavy (non-hydrogen) atoms. The smallest absolute Gasteiger partial charge is 0.393 e. The average Bonchev–Trinajstić information content (AvgIpc) is 1.06. The summed E-state index contributed by atoms with van der Waals surface area (Å²) in [4.78, 5) is -0.668. The van der Waals surface area contributed by atoms with Crippen molar-refractivity contribution >= 4 is 19.7 Å². The van der Waals surface area contributed by atoms with Gasteiger partial charge in [0, 0.05) is 22.3 Å². The summed E-state index contributed by atoms with van der Waals surface area (Å²) in [6.45, 7) is -3.47. The SMILES string of the molecule is O=S(=O)(c1ccc(F)cc1)C1(c2ccc(C(OCc3c(F)cccc3F)(C(F)(F)F)C(F)(F)F)cc2)CCC(O)CC1.O=S(=O)(c1ccc(F)cc1)C1(c2ccc(C(OCc3c(F)cccc3F)(C(F)(F)F)C(F)(F)F)cc2)CCC(O)CC1. The largest absolute Gasteiger partial charge is 0.430 e. The Bertz CT molecular complexity index is 3180. The Morgan fingerprint density at radius 3 is 0.881 bits per heavy atom. The minimum absolute atomic E-state index is 0.0471. The van der Waals surface area contributed by atoms with Crippen LogP contribution in [-0.4, -0.2) is 64.0 Å². The van der Waals surface area contributed by atoms with Crippen LogP contribution in [0.25, 0.3) is 0 Å². The van der Waals surface area contributed by atoms with Crippen molar-refractivity contribution in [2.45, 2.75) is 132 Å². The van der Waals surface area contributed by atoms with E-state index < -0.39 is 148 Å². The summed E-state index contributed by atoms with van der Waals surface area (Å²) in [5, 5.41) is 20.0. The summed E-state index contributed by atoms with van der Waals surface area (Å²) < 4.78 is 315. The van der Waals surface area contributed by atoms with Crippen LogP contribution in [0.2, 0.25) is 0 Å². The molecular formula is C56H46F18O8S2. The number of aliphatic hydroxyl groups is 2. The van der Waals surface area contributed by atoms with Crippen LogP contribution in [0, 0.1) is 34.9 Å². The van der Waals surface area contributed by atoms with Gasteiger partial charge in [-0.15, -0.1) is 0 Å². The van der Waals surface area contributed by atoms with Crippen molar-refractivity contribution in [1.82, 2.24) is 0 Å². The zero-order valence-corrected chi connectivity index (χ0v) is 44.5. The van der Waals surface area contributed by atoms with Gasteiger partial charge in [-0.05, 0) is 135 Å². The predicted octanol–water partition coefficient (Wildman–Crippen LogP) is 14.5. The fourth-order valence-electron chi connectivity index (χ4n) is 10.4. The molecule has 456 valence electrons. The molecule has 2 saturated carbocycles. The lowest BCUT2D eigenvalue weighted by Gasteiger charge is -2.40. The third kappa shape index (κ3) is 12.0. The number of halogens is 18. The molecular weight excluding hydrogens is 1210 g/mol. The number of rotatable bonds is 14. The van der Waals surface area contributed by atoms with Crippen LogP contribution in [0.1, 0.15) is 84.7 Å². The first kappa shape index (κ1) is 65.3. The number of sulfone groups is 2. The number of hydrogen-bond acceptors (Lipinski definition) is 8. The quantitative estimate of drug-likeness (QED) is 0.0815. The molecule has 0 amide bonds. The predicted molar refractivity (Wildman–Crippen MR) is 262 cm³/mol. The van der Waals surface area contributed by atoms with Crippen LogP contribution >= 0.6 is 0 Å². The Kier molecular flexibility index (Phi) is 18.6. The molecule has 0 radical (unpaired) electrons. The summed E-state index contributed by atoms with van der Waals surface area (Å²) in [6, 6.07) is 16.5. The molecule has 8 rings (SSSR count). The highest BCUT2D eigenvalue weighted by molar-refractivity contribution is 7.92. The molecule has 0 saturated heterocycles. The van der Waals surface area contributed by atoms with Crippen LogP contribution in [0.3, 0.4) is 0 Å². The van der Waals surface area contributed by atoms with E-state index in [0.29, 0.717) is 48.5 Å². The van der Waals surface area contributed by atoms with Gasteiger partial charge in [0.25, 0.3) is 11.2 Å². The summed E-state index contributed by atoms with van der Waals surface area (Å²) in [5.74, 6) is -7.16. The minimum atomic E-state index is -6.18. The Hall–Kier alpha value is -6.20. The molecule has 2 fully saturated rings. The molecule has 0 heterocycles. The highest BCUT2D eigenvalue weighted by Gasteiger charge is 2.75. The number of benzene rings is 6. The lowest BCUT2D eigenvalue weighted by Crippen LogP contribution is -2.56. The second kappa shape index (κ2) is 23.9. The maximum Gasteiger partial charge on any atom is 0.430 e. The van der Waals surface area contributed by atoms with E-state index in [1.54, 1.807) is 0 Å². The van der Waals surface area contributed by atoms with E-state index in [2.05, 4.69) is 9.47 Å². The van der Waals surface area contributed by atoms with Gasteiger partial charge in [0.1, 0.15) is 44.4 Å². The van der Waals surface area contributed by atoms with Crippen LogP contribution < -0.4 is 0 Å². The fourth-order valence-corrected chi connectivity index (χ4v) is 14.8. The van der Waals surface area contributed by atoms with Crippen LogP contribution in [-0.2, 0) is 63.1 Å². The molecule has 28 heteroatoms. The summed E-state index contributed by atoms with van der Waals surface area (Å²) in [7, 11) is -8.83. The number of hydrogen-bond donors (Lipinski definition) is 2. The molecule has 6 aromatic carbocycles. The highest BCUT2D eigenvalue weighted by Crippen LogP contribution is 2.57. The first-order valence-corrected chi connectivity index (χ1v) is 27.9. The molecule has 0 atom stereocenters. The summed E-state index contributed by atoms with van der Waals surface area (Å²) in [6.07, 6.45) is -27.6. The van der Waals surface area contributed by atoms with Gasteiger partial charge in [-0.1, -0.05) is 60.7 Å². The van der Waals surface area contributed by atoms with Crippen molar-refractivity contribution < 1.29 is 116 Å². The van der Waals surface area contributed by atoms with Gasteiger partial charge in [0.05, 0.1) is 35.2 Å². The second-order valence-electron chi connectivity index (χ2n) is 19.9. The molecule has 2 aliphatic rings. The zero-order valence-electron chi connectivity index (χ0n) is 42.9. The lowest BCUT2D eigenvalue weighted by molar-refractivity contribution is -0.393. The molecule has 0 aromatic heterocycles. The first-order valence-electron chi connectivity index (χ1n) is 24.9. The van der Waals surface area contributed by atoms with E-state index in [-0.39, 0.29) is 72.3 Å². The normalized spacial score (nSPS) is 20.5. The number of alkyl halides is 12. The lowest BCUT2D eigenvalue weighted by atomic mass is 9.80.